The topological polar surface area (TPSA) is 35.6 Å². The van der Waals surface area contributed by atoms with Crippen LogP contribution in [-0.4, -0.2) is 43.5 Å². The number of para-hydroxylation sites is 1. The molecule has 0 aromatic heterocycles. The number of likely N-dealkylation sites (tertiary alicyclic amines) is 1. The van der Waals surface area contributed by atoms with Gasteiger partial charge in [0.1, 0.15) is 0 Å². The Morgan fingerprint density at radius 1 is 1.07 bits per heavy atom. The predicted octanol–water partition coefficient (Wildman–Crippen LogP) is 4.51. The van der Waals surface area contributed by atoms with Crippen molar-refractivity contribution >= 4 is 23.2 Å². The minimum atomic E-state index is 0.149. The number of hydrogen-bond donors (Lipinski definition) is 1. The van der Waals surface area contributed by atoms with Crippen LogP contribution in [0.15, 0.2) is 48.5 Å². The van der Waals surface area contributed by atoms with E-state index in [0.717, 1.165) is 63.6 Å². The highest BCUT2D eigenvalue weighted by Crippen LogP contribution is 2.26. The van der Waals surface area contributed by atoms with E-state index in [0.29, 0.717) is 0 Å². The largest absolute Gasteiger partial charge is 0.371 e. The predicted molar refractivity (Wildman–Crippen MR) is 124 cm³/mol. The standard InChI is InChI=1S/C25H32ClN3O/c26-23-9-3-6-20(18-23)19-28-16-11-22(12-17-28)25(30)27-13-5-15-29-14-4-8-21-7-1-2-10-24(21)29/h1-3,6-7,9-10,18,22H,4-5,8,11-17,19H2,(H,27,30). The molecule has 1 N–H and O–H groups in total. The number of nitrogens with one attached hydrogen (secondary N) is 1. The lowest BCUT2D eigenvalue weighted by Gasteiger charge is -2.32. The highest BCUT2D eigenvalue weighted by molar-refractivity contribution is 6.30. The van der Waals surface area contributed by atoms with Crippen LogP contribution < -0.4 is 10.2 Å². The van der Waals surface area contributed by atoms with Gasteiger partial charge in [-0.2, -0.15) is 0 Å². The van der Waals surface area contributed by atoms with Crippen molar-refractivity contribution in [1.29, 1.82) is 0 Å². The number of benzene rings is 2. The smallest absolute Gasteiger partial charge is 0.223 e. The zero-order valence-corrected chi connectivity index (χ0v) is 18.4. The Morgan fingerprint density at radius 3 is 2.73 bits per heavy atom. The number of amides is 1. The summed E-state index contributed by atoms with van der Waals surface area (Å²) in [5.74, 6) is 0.382. The summed E-state index contributed by atoms with van der Waals surface area (Å²) in [6, 6.07) is 16.8. The molecule has 4 nitrogen and oxygen atoms in total. The first kappa shape index (κ1) is 21.2. The van der Waals surface area contributed by atoms with Gasteiger partial charge in [-0.3, -0.25) is 9.69 Å². The Morgan fingerprint density at radius 2 is 1.90 bits per heavy atom. The molecule has 2 aromatic carbocycles. The van der Waals surface area contributed by atoms with E-state index in [1.54, 1.807) is 0 Å². The van der Waals surface area contributed by atoms with Crippen molar-refractivity contribution in [2.75, 3.05) is 37.6 Å². The molecule has 2 aliphatic rings. The Kier molecular flexibility index (Phi) is 7.29. The zero-order valence-electron chi connectivity index (χ0n) is 17.7. The van der Waals surface area contributed by atoms with Crippen molar-refractivity contribution in [2.24, 2.45) is 5.92 Å². The molecule has 1 amide bonds. The number of aryl methyl sites for hydroxylation is 1. The first-order chi connectivity index (χ1) is 14.7. The lowest BCUT2D eigenvalue weighted by atomic mass is 9.95. The van der Waals surface area contributed by atoms with Gasteiger partial charge in [-0.15, -0.1) is 0 Å². The maximum absolute atomic E-state index is 12.6. The van der Waals surface area contributed by atoms with E-state index in [-0.39, 0.29) is 11.8 Å². The quantitative estimate of drug-likeness (QED) is 0.663. The lowest BCUT2D eigenvalue weighted by molar-refractivity contribution is -0.126. The van der Waals surface area contributed by atoms with Crippen LogP contribution in [0, 0.1) is 5.92 Å². The molecule has 1 saturated heterocycles. The van der Waals surface area contributed by atoms with Crippen LogP contribution in [0.3, 0.4) is 0 Å². The van der Waals surface area contributed by atoms with Gasteiger partial charge < -0.3 is 10.2 Å². The Bertz CT molecular complexity index is 848. The first-order valence-corrected chi connectivity index (χ1v) is 11.6. The summed E-state index contributed by atoms with van der Waals surface area (Å²) in [6.07, 6.45) is 5.27. The van der Waals surface area contributed by atoms with Crippen LogP contribution >= 0.6 is 11.6 Å². The number of rotatable bonds is 7. The number of piperidine rings is 1. The molecule has 160 valence electrons. The van der Waals surface area contributed by atoms with E-state index in [1.807, 2.05) is 18.2 Å². The normalized spacial score (nSPS) is 17.6. The van der Waals surface area contributed by atoms with Crippen molar-refractivity contribution in [1.82, 2.24) is 10.2 Å². The van der Waals surface area contributed by atoms with Gasteiger partial charge in [-0.05, 0) is 74.5 Å². The van der Waals surface area contributed by atoms with Crippen LogP contribution in [-0.2, 0) is 17.8 Å². The SMILES string of the molecule is O=C(NCCCN1CCCc2ccccc21)C1CCN(Cc2cccc(Cl)c2)CC1. The molecule has 0 bridgehead atoms. The molecular weight excluding hydrogens is 394 g/mol. The number of fused-ring (bicyclic) bond motifs is 1. The highest BCUT2D eigenvalue weighted by atomic mass is 35.5. The van der Waals surface area contributed by atoms with E-state index in [2.05, 4.69) is 45.4 Å². The third kappa shape index (κ3) is 5.55. The van der Waals surface area contributed by atoms with Gasteiger partial charge in [0, 0.05) is 42.8 Å². The minimum Gasteiger partial charge on any atom is -0.371 e. The third-order valence-corrected chi connectivity index (χ3v) is 6.60. The average Bonchev–Trinajstić information content (AvgIpc) is 2.77. The molecule has 2 heterocycles. The van der Waals surface area contributed by atoms with E-state index in [4.69, 9.17) is 11.6 Å². The summed E-state index contributed by atoms with van der Waals surface area (Å²) in [4.78, 5) is 17.5. The summed E-state index contributed by atoms with van der Waals surface area (Å²) < 4.78 is 0. The zero-order chi connectivity index (χ0) is 20.8. The second kappa shape index (κ2) is 10.3. The molecule has 30 heavy (non-hydrogen) atoms. The number of hydrogen-bond acceptors (Lipinski definition) is 3. The Balaban J connectivity index is 1.15. The van der Waals surface area contributed by atoms with Crippen molar-refractivity contribution in [2.45, 2.75) is 38.6 Å². The molecule has 0 atom stereocenters. The summed E-state index contributed by atoms with van der Waals surface area (Å²) >= 11 is 6.09. The first-order valence-electron chi connectivity index (χ1n) is 11.3. The van der Waals surface area contributed by atoms with Crippen molar-refractivity contribution < 1.29 is 4.79 Å². The van der Waals surface area contributed by atoms with Crippen LogP contribution in [0.25, 0.3) is 0 Å². The molecule has 2 aromatic rings. The maximum Gasteiger partial charge on any atom is 0.223 e. The fraction of sp³-hybridized carbons (Fsp3) is 0.480. The number of nitrogens with zero attached hydrogens (tertiary/aromatic N) is 2. The van der Waals surface area contributed by atoms with Crippen molar-refractivity contribution in [3.05, 3.63) is 64.7 Å². The minimum absolute atomic E-state index is 0.149. The third-order valence-electron chi connectivity index (χ3n) is 6.36. The van der Waals surface area contributed by atoms with E-state index in [9.17, 15) is 4.79 Å². The van der Waals surface area contributed by atoms with Crippen LogP contribution in [0.4, 0.5) is 5.69 Å². The summed E-state index contributed by atoms with van der Waals surface area (Å²) in [5, 5.41) is 3.97. The van der Waals surface area contributed by atoms with Crippen LogP contribution in [0.2, 0.25) is 5.02 Å². The molecule has 0 unspecified atom stereocenters. The average molecular weight is 426 g/mol. The van der Waals surface area contributed by atoms with Gasteiger partial charge in [-0.1, -0.05) is 41.9 Å². The van der Waals surface area contributed by atoms with Gasteiger partial charge in [-0.25, -0.2) is 0 Å². The van der Waals surface area contributed by atoms with Gasteiger partial charge >= 0.3 is 0 Å². The van der Waals surface area contributed by atoms with E-state index in [1.165, 1.54) is 29.7 Å². The van der Waals surface area contributed by atoms with Crippen LogP contribution in [0.5, 0.6) is 0 Å². The molecule has 0 radical (unpaired) electrons. The van der Waals surface area contributed by atoms with E-state index < -0.39 is 0 Å². The number of halogens is 1. The molecule has 0 aliphatic carbocycles. The monoisotopic (exact) mass is 425 g/mol. The summed E-state index contributed by atoms with van der Waals surface area (Å²) in [7, 11) is 0. The Labute approximate surface area is 185 Å². The lowest BCUT2D eigenvalue weighted by Crippen LogP contribution is -2.41. The van der Waals surface area contributed by atoms with Crippen LogP contribution in [0.1, 0.15) is 36.8 Å². The molecule has 4 rings (SSSR count). The molecular formula is C25H32ClN3O. The van der Waals surface area contributed by atoms with Gasteiger partial charge in [0.2, 0.25) is 5.91 Å². The fourth-order valence-corrected chi connectivity index (χ4v) is 4.93. The van der Waals surface area contributed by atoms with Crippen molar-refractivity contribution in [3.8, 4) is 0 Å². The second-order valence-electron chi connectivity index (χ2n) is 8.54. The number of anilines is 1. The maximum atomic E-state index is 12.6. The van der Waals surface area contributed by atoms with Gasteiger partial charge in [0.05, 0.1) is 0 Å². The van der Waals surface area contributed by atoms with Gasteiger partial charge in [0.15, 0.2) is 0 Å². The molecule has 5 heteroatoms. The molecule has 0 saturated carbocycles. The molecule has 1 fully saturated rings. The summed E-state index contributed by atoms with van der Waals surface area (Å²) in [5.41, 5.74) is 4.07. The van der Waals surface area contributed by atoms with Gasteiger partial charge in [0.25, 0.3) is 0 Å². The number of carbonyl (C=O) groups excluding carboxylic acids is 1. The second-order valence-corrected chi connectivity index (χ2v) is 8.98. The fourth-order valence-electron chi connectivity index (χ4n) is 4.72. The summed E-state index contributed by atoms with van der Waals surface area (Å²) in [6.45, 7) is 5.74. The van der Waals surface area contributed by atoms with E-state index >= 15 is 0 Å². The highest BCUT2D eigenvalue weighted by Gasteiger charge is 2.25. The molecule has 0 spiro atoms. The number of carbonyl (C=O) groups is 1. The van der Waals surface area contributed by atoms with Crippen molar-refractivity contribution in [3.63, 3.8) is 0 Å². The molecule has 2 aliphatic heterocycles. The Hall–Kier alpha value is -2.04.